The molecule has 1 aromatic rings. The van der Waals surface area contributed by atoms with Crippen LogP contribution in [0, 0.1) is 0 Å². The second kappa shape index (κ2) is 3.85. The molecule has 0 unspecified atom stereocenters. The van der Waals surface area contributed by atoms with E-state index >= 15 is 0 Å². The van der Waals surface area contributed by atoms with Crippen molar-refractivity contribution < 1.29 is 8.78 Å². The normalized spacial score (nSPS) is 10.8. The van der Waals surface area contributed by atoms with E-state index in [1.54, 1.807) is 0 Å². The minimum atomic E-state index is -2.66. The van der Waals surface area contributed by atoms with Crippen LogP contribution in [0.5, 0.6) is 0 Å². The van der Waals surface area contributed by atoms with Gasteiger partial charge in [0.05, 0.1) is 10.7 Å². The molecule has 0 saturated heterocycles. The smallest absolute Gasteiger partial charge is 0.265 e. The second-order valence-electron chi connectivity index (χ2n) is 2.41. The lowest BCUT2D eigenvalue weighted by molar-refractivity contribution is 0.151. The van der Waals surface area contributed by atoms with Gasteiger partial charge in [-0.25, -0.2) is 13.8 Å². The van der Waals surface area contributed by atoms with E-state index in [9.17, 15) is 8.78 Å². The molecule has 0 aliphatic rings. The molecule has 0 aliphatic carbocycles. The van der Waals surface area contributed by atoms with Gasteiger partial charge in [0.2, 0.25) is 0 Å². The number of nitrogen functional groups attached to an aromatic ring is 1. The zero-order valence-electron chi connectivity index (χ0n) is 6.60. The van der Waals surface area contributed by atoms with Crippen molar-refractivity contribution in [1.29, 1.82) is 0 Å². The van der Waals surface area contributed by atoms with E-state index in [2.05, 4.69) is 4.98 Å². The zero-order valence-corrected chi connectivity index (χ0v) is 7.35. The number of aromatic nitrogens is 1. The third-order valence-electron chi connectivity index (χ3n) is 1.51. The summed E-state index contributed by atoms with van der Waals surface area (Å²) in [5.74, 6) is -0.111. The Labute approximate surface area is 78.7 Å². The van der Waals surface area contributed by atoms with Gasteiger partial charge >= 0.3 is 0 Å². The Bertz CT molecular complexity index is 317. The fourth-order valence-electron chi connectivity index (χ4n) is 0.890. The van der Waals surface area contributed by atoms with Crippen LogP contribution in [-0.4, -0.2) is 4.98 Å². The highest BCUT2D eigenvalue weighted by Crippen LogP contribution is 2.30. The molecule has 4 N–H and O–H groups in total. The number of alkyl halides is 2. The summed E-state index contributed by atoms with van der Waals surface area (Å²) in [4.78, 5) is 3.72. The quantitative estimate of drug-likeness (QED) is 0.776. The van der Waals surface area contributed by atoms with Gasteiger partial charge in [0.15, 0.2) is 0 Å². The fourth-order valence-corrected chi connectivity index (χ4v) is 1.07. The predicted molar refractivity (Wildman–Crippen MR) is 46.5 cm³/mol. The van der Waals surface area contributed by atoms with Crippen LogP contribution in [0.2, 0.25) is 5.02 Å². The first-order valence-electron chi connectivity index (χ1n) is 3.49. The lowest BCUT2D eigenvalue weighted by Crippen LogP contribution is -2.05. The van der Waals surface area contributed by atoms with Crippen molar-refractivity contribution in [3.63, 3.8) is 0 Å². The standard InChI is InChI=1S/C7H8ClF2N3/c8-5-4(6(9)10)1-3(2-11)13-7(5)12/h1,6H,2,11H2,(H2,12,13). The van der Waals surface area contributed by atoms with Crippen LogP contribution >= 0.6 is 11.6 Å². The average molecular weight is 208 g/mol. The highest BCUT2D eigenvalue weighted by atomic mass is 35.5. The molecule has 0 radical (unpaired) electrons. The average Bonchev–Trinajstić information content (AvgIpc) is 2.09. The van der Waals surface area contributed by atoms with E-state index in [1.807, 2.05) is 0 Å². The topological polar surface area (TPSA) is 64.9 Å². The molecule has 72 valence electrons. The number of nitrogens with zero attached hydrogens (tertiary/aromatic N) is 1. The molecular weight excluding hydrogens is 200 g/mol. The van der Waals surface area contributed by atoms with Crippen LogP contribution in [-0.2, 0) is 6.54 Å². The summed E-state index contributed by atoms with van der Waals surface area (Å²) >= 11 is 5.51. The molecule has 1 heterocycles. The minimum absolute atomic E-state index is 0.0566. The van der Waals surface area contributed by atoms with Gasteiger partial charge in [-0.15, -0.1) is 0 Å². The van der Waals surface area contributed by atoms with Crippen LogP contribution in [0.15, 0.2) is 6.07 Å². The Morgan fingerprint density at radius 2 is 2.15 bits per heavy atom. The predicted octanol–water partition coefficient (Wildman–Crippen LogP) is 1.71. The Hall–Kier alpha value is -0.940. The Balaban J connectivity index is 3.25. The second-order valence-corrected chi connectivity index (χ2v) is 2.78. The van der Waals surface area contributed by atoms with Gasteiger partial charge in [-0.1, -0.05) is 11.6 Å². The number of hydrogen-bond acceptors (Lipinski definition) is 3. The highest BCUT2D eigenvalue weighted by Gasteiger charge is 2.15. The largest absolute Gasteiger partial charge is 0.382 e. The van der Waals surface area contributed by atoms with Crippen LogP contribution in [0.1, 0.15) is 17.7 Å². The van der Waals surface area contributed by atoms with E-state index in [0.717, 1.165) is 6.07 Å². The van der Waals surface area contributed by atoms with Gasteiger partial charge in [0, 0.05) is 12.1 Å². The molecule has 0 aliphatic heterocycles. The fraction of sp³-hybridized carbons (Fsp3) is 0.286. The van der Waals surface area contributed by atoms with Crippen molar-refractivity contribution in [3.05, 3.63) is 22.3 Å². The minimum Gasteiger partial charge on any atom is -0.382 e. The molecule has 0 fully saturated rings. The van der Waals surface area contributed by atoms with E-state index < -0.39 is 6.43 Å². The van der Waals surface area contributed by atoms with Crippen molar-refractivity contribution in [2.75, 3.05) is 5.73 Å². The van der Waals surface area contributed by atoms with Gasteiger partial charge in [-0.2, -0.15) is 0 Å². The van der Waals surface area contributed by atoms with Gasteiger partial charge < -0.3 is 11.5 Å². The van der Waals surface area contributed by atoms with Crippen LogP contribution in [0.25, 0.3) is 0 Å². The van der Waals surface area contributed by atoms with Crippen molar-refractivity contribution in [1.82, 2.24) is 4.98 Å². The number of nitrogens with two attached hydrogens (primary N) is 2. The summed E-state index contributed by atoms with van der Waals surface area (Å²) in [6.07, 6.45) is -2.66. The van der Waals surface area contributed by atoms with Gasteiger partial charge in [0.25, 0.3) is 6.43 Å². The van der Waals surface area contributed by atoms with Gasteiger partial charge in [0.1, 0.15) is 5.82 Å². The van der Waals surface area contributed by atoms with Crippen molar-refractivity contribution in [3.8, 4) is 0 Å². The van der Waals surface area contributed by atoms with Crippen LogP contribution < -0.4 is 11.5 Å². The van der Waals surface area contributed by atoms with E-state index in [-0.39, 0.29) is 22.9 Å². The van der Waals surface area contributed by atoms with Crippen LogP contribution in [0.4, 0.5) is 14.6 Å². The summed E-state index contributed by atoms with van der Waals surface area (Å²) < 4.78 is 24.6. The highest BCUT2D eigenvalue weighted by molar-refractivity contribution is 6.33. The number of pyridine rings is 1. The Morgan fingerprint density at radius 1 is 1.54 bits per heavy atom. The number of anilines is 1. The molecule has 0 amide bonds. The summed E-state index contributed by atoms with van der Waals surface area (Å²) in [6.45, 7) is 0.0566. The summed E-state index contributed by atoms with van der Waals surface area (Å²) in [5, 5.41) is -0.202. The molecule has 1 rings (SSSR count). The lowest BCUT2D eigenvalue weighted by Gasteiger charge is -2.07. The number of rotatable bonds is 2. The zero-order chi connectivity index (χ0) is 10.0. The van der Waals surface area contributed by atoms with Gasteiger partial charge in [-0.05, 0) is 6.07 Å². The lowest BCUT2D eigenvalue weighted by atomic mass is 10.2. The summed E-state index contributed by atoms with van der Waals surface area (Å²) in [6, 6.07) is 1.16. The van der Waals surface area contributed by atoms with Crippen molar-refractivity contribution >= 4 is 17.4 Å². The van der Waals surface area contributed by atoms with Crippen molar-refractivity contribution in [2.24, 2.45) is 5.73 Å². The maximum absolute atomic E-state index is 12.3. The molecule has 0 saturated carbocycles. The van der Waals surface area contributed by atoms with E-state index in [0.29, 0.717) is 5.69 Å². The molecule has 0 bridgehead atoms. The SMILES string of the molecule is NCc1cc(C(F)F)c(Cl)c(N)n1. The van der Waals surface area contributed by atoms with E-state index in [1.165, 1.54) is 0 Å². The van der Waals surface area contributed by atoms with E-state index in [4.69, 9.17) is 23.1 Å². The molecule has 1 aromatic heterocycles. The third kappa shape index (κ3) is 2.05. The number of hydrogen-bond donors (Lipinski definition) is 2. The summed E-state index contributed by atoms with van der Waals surface area (Å²) in [5.41, 5.74) is 10.5. The molecule has 13 heavy (non-hydrogen) atoms. The first-order valence-corrected chi connectivity index (χ1v) is 3.87. The van der Waals surface area contributed by atoms with Gasteiger partial charge in [-0.3, -0.25) is 0 Å². The van der Waals surface area contributed by atoms with Crippen LogP contribution in [0.3, 0.4) is 0 Å². The molecule has 0 atom stereocenters. The summed E-state index contributed by atoms with van der Waals surface area (Å²) in [7, 11) is 0. The maximum atomic E-state index is 12.3. The molecule has 0 spiro atoms. The Kier molecular flexibility index (Phi) is 3.00. The number of halogens is 3. The third-order valence-corrected chi connectivity index (χ3v) is 1.92. The molecule has 0 aromatic carbocycles. The molecule has 3 nitrogen and oxygen atoms in total. The monoisotopic (exact) mass is 207 g/mol. The molecular formula is C7H8ClF2N3. The Morgan fingerprint density at radius 3 is 2.62 bits per heavy atom. The first kappa shape index (κ1) is 10.1. The molecule has 6 heteroatoms. The first-order chi connectivity index (χ1) is 6.06. The maximum Gasteiger partial charge on any atom is 0.265 e. The van der Waals surface area contributed by atoms with Crippen molar-refractivity contribution in [2.45, 2.75) is 13.0 Å².